The number of rotatable bonds is 5. The maximum atomic E-state index is 12.8. The van der Waals surface area contributed by atoms with Gasteiger partial charge in [-0.3, -0.25) is 4.79 Å². The smallest absolute Gasteiger partial charge is 0.338 e. The maximum absolute atomic E-state index is 12.8. The molecule has 2 aromatic carbocycles. The molecule has 6 nitrogen and oxygen atoms in total. The molecule has 0 aliphatic rings. The lowest BCUT2D eigenvalue weighted by molar-refractivity contribution is -0.124. The Hall–Kier alpha value is -3.22. The van der Waals surface area contributed by atoms with Gasteiger partial charge in [0, 0.05) is 6.54 Å². The van der Waals surface area contributed by atoms with Gasteiger partial charge in [-0.15, -0.1) is 0 Å². The monoisotopic (exact) mass is 327 g/mol. The number of H-pyrrole nitrogens is 1. The van der Waals surface area contributed by atoms with Crippen molar-refractivity contribution in [3.8, 4) is 0 Å². The molecule has 0 fully saturated rings. The Bertz CT molecular complexity index is 874. The van der Waals surface area contributed by atoms with Crippen molar-refractivity contribution in [2.75, 3.05) is 6.61 Å². The van der Waals surface area contributed by atoms with Crippen LogP contribution in [0.5, 0.6) is 0 Å². The highest BCUT2D eigenvalue weighted by Gasteiger charge is 2.11. The van der Waals surface area contributed by atoms with Crippen LogP contribution in [0.25, 0.3) is 11.0 Å². The molecule has 0 aliphatic carbocycles. The number of benzene rings is 2. The fraction of sp³-hybridized carbons (Fsp3) is 0.118. The van der Waals surface area contributed by atoms with Crippen molar-refractivity contribution in [3.05, 3.63) is 65.7 Å². The van der Waals surface area contributed by atoms with Gasteiger partial charge in [0.05, 0.1) is 22.9 Å². The van der Waals surface area contributed by atoms with Crippen LogP contribution in [0.2, 0.25) is 0 Å². The fourth-order valence-corrected chi connectivity index (χ4v) is 2.13. The Balaban J connectivity index is 1.49. The van der Waals surface area contributed by atoms with Crippen LogP contribution >= 0.6 is 0 Å². The number of halogens is 1. The maximum Gasteiger partial charge on any atom is 0.338 e. The number of amides is 1. The highest BCUT2D eigenvalue weighted by Crippen LogP contribution is 2.12. The fourth-order valence-electron chi connectivity index (χ4n) is 2.13. The Morgan fingerprint density at radius 1 is 1.17 bits per heavy atom. The first-order valence-electron chi connectivity index (χ1n) is 7.23. The van der Waals surface area contributed by atoms with E-state index in [9.17, 15) is 14.0 Å². The summed E-state index contributed by atoms with van der Waals surface area (Å²) in [5.74, 6) is -1.37. The van der Waals surface area contributed by atoms with Crippen LogP contribution in [0.3, 0.4) is 0 Å². The Labute approximate surface area is 136 Å². The predicted molar refractivity (Wildman–Crippen MR) is 84.6 cm³/mol. The number of ether oxygens (including phenoxy) is 1. The molecule has 3 rings (SSSR count). The number of fused-ring (bicyclic) bond motifs is 1. The quantitative estimate of drug-likeness (QED) is 0.704. The average molecular weight is 327 g/mol. The van der Waals surface area contributed by atoms with Gasteiger partial charge in [-0.1, -0.05) is 12.1 Å². The molecule has 0 saturated carbocycles. The molecule has 1 aromatic heterocycles. The zero-order valence-electron chi connectivity index (χ0n) is 12.6. The second-order valence-corrected chi connectivity index (χ2v) is 5.11. The molecule has 7 heteroatoms. The molecule has 3 aromatic rings. The van der Waals surface area contributed by atoms with Crippen molar-refractivity contribution in [2.45, 2.75) is 6.54 Å². The molecule has 122 valence electrons. The molecule has 24 heavy (non-hydrogen) atoms. The van der Waals surface area contributed by atoms with Gasteiger partial charge < -0.3 is 15.0 Å². The van der Waals surface area contributed by atoms with Gasteiger partial charge >= 0.3 is 5.97 Å². The minimum atomic E-state index is -0.594. The van der Waals surface area contributed by atoms with Crippen LogP contribution in [-0.4, -0.2) is 28.5 Å². The van der Waals surface area contributed by atoms with Gasteiger partial charge in [0.2, 0.25) is 0 Å². The Morgan fingerprint density at radius 2 is 1.96 bits per heavy atom. The number of esters is 1. The third kappa shape index (κ3) is 3.75. The van der Waals surface area contributed by atoms with Crippen LogP contribution in [0.15, 0.2) is 48.8 Å². The number of nitrogens with one attached hydrogen (secondary N) is 2. The van der Waals surface area contributed by atoms with Gasteiger partial charge in [0.15, 0.2) is 6.61 Å². The highest BCUT2D eigenvalue weighted by atomic mass is 19.1. The van der Waals surface area contributed by atoms with Crippen LogP contribution < -0.4 is 5.32 Å². The third-order valence-corrected chi connectivity index (χ3v) is 3.39. The van der Waals surface area contributed by atoms with E-state index < -0.39 is 11.9 Å². The standard InChI is InChI=1S/C17H14FN3O3/c18-13-4-1-11(2-5-13)8-19-16(22)9-24-17(23)12-3-6-14-15(7-12)21-10-20-14/h1-7,10H,8-9H2,(H,19,22)(H,20,21). The lowest BCUT2D eigenvalue weighted by Crippen LogP contribution is -2.28. The lowest BCUT2D eigenvalue weighted by atomic mass is 10.2. The van der Waals surface area contributed by atoms with Gasteiger partial charge in [-0.25, -0.2) is 14.2 Å². The minimum absolute atomic E-state index is 0.233. The number of hydrogen-bond donors (Lipinski definition) is 2. The minimum Gasteiger partial charge on any atom is -0.452 e. The molecule has 1 heterocycles. The number of imidazole rings is 1. The molecule has 0 saturated heterocycles. The molecule has 0 radical (unpaired) electrons. The van der Waals surface area contributed by atoms with Crippen molar-refractivity contribution in [1.29, 1.82) is 0 Å². The van der Waals surface area contributed by atoms with Gasteiger partial charge in [0.1, 0.15) is 5.82 Å². The molecule has 0 aliphatic heterocycles. The summed E-state index contributed by atoms with van der Waals surface area (Å²) in [6.45, 7) is -0.155. The van der Waals surface area contributed by atoms with Crippen LogP contribution in [0.4, 0.5) is 4.39 Å². The van der Waals surface area contributed by atoms with Crippen molar-refractivity contribution < 1.29 is 18.7 Å². The normalized spacial score (nSPS) is 10.5. The Kier molecular flexibility index (Phi) is 4.51. The largest absolute Gasteiger partial charge is 0.452 e. The zero-order valence-corrected chi connectivity index (χ0v) is 12.6. The van der Waals surface area contributed by atoms with Crippen LogP contribution in [0.1, 0.15) is 15.9 Å². The molecule has 0 spiro atoms. The topological polar surface area (TPSA) is 84.1 Å². The van der Waals surface area contributed by atoms with Crippen molar-refractivity contribution in [2.24, 2.45) is 0 Å². The summed E-state index contributed by atoms with van der Waals surface area (Å²) in [6, 6.07) is 10.7. The Morgan fingerprint density at radius 3 is 2.75 bits per heavy atom. The first-order chi connectivity index (χ1) is 11.6. The predicted octanol–water partition coefficient (Wildman–Crippen LogP) is 2.18. The van der Waals surface area contributed by atoms with Gasteiger partial charge in [-0.05, 0) is 35.9 Å². The van der Waals surface area contributed by atoms with E-state index in [1.165, 1.54) is 18.5 Å². The second kappa shape index (κ2) is 6.91. The van der Waals surface area contributed by atoms with E-state index in [1.807, 2.05) is 0 Å². The molecular formula is C17H14FN3O3. The van der Waals surface area contributed by atoms with E-state index in [0.29, 0.717) is 11.1 Å². The first kappa shape index (κ1) is 15.7. The number of aromatic nitrogens is 2. The number of hydrogen-bond acceptors (Lipinski definition) is 4. The summed E-state index contributed by atoms with van der Waals surface area (Å²) in [7, 11) is 0. The molecule has 1 amide bonds. The average Bonchev–Trinajstić information content (AvgIpc) is 3.06. The van der Waals surface area contributed by atoms with Gasteiger partial charge in [-0.2, -0.15) is 0 Å². The third-order valence-electron chi connectivity index (χ3n) is 3.39. The van der Waals surface area contributed by atoms with Crippen LogP contribution in [-0.2, 0) is 16.1 Å². The van der Waals surface area contributed by atoms with E-state index in [2.05, 4.69) is 15.3 Å². The number of aromatic amines is 1. The van der Waals surface area contributed by atoms with E-state index in [1.54, 1.807) is 30.3 Å². The van der Waals surface area contributed by atoms with Gasteiger partial charge in [0.25, 0.3) is 5.91 Å². The summed E-state index contributed by atoms with van der Waals surface area (Å²) in [5.41, 5.74) is 2.53. The summed E-state index contributed by atoms with van der Waals surface area (Å²) in [6.07, 6.45) is 1.53. The second-order valence-electron chi connectivity index (χ2n) is 5.11. The summed E-state index contributed by atoms with van der Waals surface area (Å²) >= 11 is 0. The van der Waals surface area contributed by atoms with E-state index in [4.69, 9.17) is 4.74 Å². The van der Waals surface area contributed by atoms with Crippen molar-refractivity contribution >= 4 is 22.9 Å². The summed E-state index contributed by atoms with van der Waals surface area (Å²) in [5, 5.41) is 2.60. The number of nitrogens with zero attached hydrogens (tertiary/aromatic N) is 1. The van der Waals surface area contributed by atoms with E-state index in [-0.39, 0.29) is 19.0 Å². The number of carbonyl (C=O) groups is 2. The molecular weight excluding hydrogens is 313 g/mol. The molecule has 0 unspecified atom stereocenters. The van der Waals surface area contributed by atoms with Crippen LogP contribution in [0, 0.1) is 5.82 Å². The lowest BCUT2D eigenvalue weighted by Gasteiger charge is -2.07. The van der Waals surface area contributed by atoms with Crippen molar-refractivity contribution in [3.63, 3.8) is 0 Å². The zero-order chi connectivity index (χ0) is 16.9. The molecule has 0 bridgehead atoms. The molecule has 2 N–H and O–H groups in total. The van der Waals surface area contributed by atoms with E-state index in [0.717, 1.165) is 11.1 Å². The van der Waals surface area contributed by atoms with E-state index >= 15 is 0 Å². The summed E-state index contributed by atoms with van der Waals surface area (Å²) < 4.78 is 17.8. The SMILES string of the molecule is O=C(COC(=O)c1ccc2nc[nH]c2c1)NCc1ccc(F)cc1. The molecule has 0 atom stereocenters. The van der Waals surface area contributed by atoms with Crippen molar-refractivity contribution in [1.82, 2.24) is 15.3 Å². The number of carbonyl (C=O) groups excluding carboxylic acids is 2. The first-order valence-corrected chi connectivity index (χ1v) is 7.23. The highest BCUT2D eigenvalue weighted by molar-refractivity contribution is 5.94. The summed E-state index contributed by atoms with van der Waals surface area (Å²) in [4.78, 5) is 30.6.